The third-order valence-corrected chi connectivity index (χ3v) is 2.64. The monoisotopic (exact) mass is 236 g/mol. The van der Waals surface area contributed by atoms with Gasteiger partial charge < -0.3 is 9.64 Å². The lowest BCUT2D eigenvalue weighted by atomic mass is 10.2. The number of esters is 1. The Balaban J connectivity index is 2.08. The minimum Gasteiger partial charge on any atom is -0.456 e. The second-order valence-corrected chi connectivity index (χ2v) is 4.01. The number of nitrogens with zero attached hydrogens (tertiary/aromatic N) is 2. The van der Waals surface area contributed by atoms with Crippen LogP contribution >= 0.6 is 0 Å². The Bertz CT molecular complexity index is 485. The fourth-order valence-electron chi connectivity index (χ4n) is 1.59. The predicted octanol–water partition coefficient (Wildman–Crippen LogP) is 1.40. The Morgan fingerprint density at radius 2 is 2.35 bits per heavy atom. The van der Waals surface area contributed by atoms with Crippen molar-refractivity contribution >= 4 is 5.97 Å². The van der Waals surface area contributed by atoms with E-state index in [9.17, 15) is 9.18 Å². The average Bonchev–Trinajstić information content (AvgIpc) is 2.70. The molecular weight excluding hydrogens is 223 g/mol. The summed E-state index contributed by atoms with van der Waals surface area (Å²) < 4.78 is 18.1. The van der Waals surface area contributed by atoms with Gasteiger partial charge in [0, 0.05) is 25.9 Å². The first kappa shape index (κ1) is 11.6. The largest absolute Gasteiger partial charge is 0.456 e. The van der Waals surface area contributed by atoms with Crippen LogP contribution in [-0.2, 0) is 16.1 Å². The van der Waals surface area contributed by atoms with Crippen molar-refractivity contribution in [2.75, 3.05) is 13.7 Å². The van der Waals surface area contributed by atoms with Crippen molar-refractivity contribution in [1.29, 1.82) is 0 Å². The molecule has 17 heavy (non-hydrogen) atoms. The second-order valence-electron chi connectivity index (χ2n) is 4.01. The van der Waals surface area contributed by atoms with E-state index >= 15 is 0 Å². The number of hydrogen-bond donors (Lipinski definition) is 0. The first-order valence-electron chi connectivity index (χ1n) is 5.26. The number of carbonyl (C=O) groups is 1. The predicted molar refractivity (Wildman–Crippen MR) is 59.4 cm³/mol. The maximum atomic E-state index is 13.3. The van der Waals surface area contributed by atoms with Crippen LogP contribution in [0.25, 0.3) is 0 Å². The summed E-state index contributed by atoms with van der Waals surface area (Å²) >= 11 is 0. The number of cyclic esters (lactones) is 1. The van der Waals surface area contributed by atoms with Crippen LogP contribution in [0.3, 0.4) is 0 Å². The Labute approximate surface area is 98.7 Å². The van der Waals surface area contributed by atoms with Gasteiger partial charge in [0.25, 0.3) is 0 Å². The quantitative estimate of drug-likeness (QED) is 0.744. The van der Waals surface area contributed by atoms with Gasteiger partial charge in [-0.05, 0) is 18.6 Å². The van der Waals surface area contributed by atoms with Crippen LogP contribution in [-0.4, -0.2) is 29.5 Å². The standard InChI is InChI=1S/C12H13FN2O2/c1-8-11(13)3-9(5-14-8)6-15(2)10-4-12(16)17-7-10/h3-5H,6-7H2,1-2H3. The van der Waals surface area contributed by atoms with E-state index in [-0.39, 0.29) is 18.4 Å². The highest BCUT2D eigenvalue weighted by Crippen LogP contribution is 2.14. The molecule has 1 aromatic heterocycles. The lowest BCUT2D eigenvalue weighted by Gasteiger charge is -2.19. The molecule has 0 unspecified atom stereocenters. The first-order chi connectivity index (χ1) is 8.06. The minimum absolute atomic E-state index is 0.275. The number of aryl methyl sites for hydroxylation is 1. The lowest BCUT2D eigenvalue weighted by molar-refractivity contribution is -0.135. The summed E-state index contributed by atoms with van der Waals surface area (Å²) in [5.41, 5.74) is 1.93. The number of aromatic nitrogens is 1. The molecule has 1 aromatic rings. The van der Waals surface area contributed by atoms with Gasteiger partial charge in [-0.15, -0.1) is 0 Å². The van der Waals surface area contributed by atoms with E-state index in [2.05, 4.69) is 4.98 Å². The van der Waals surface area contributed by atoms with Crippen LogP contribution < -0.4 is 0 Å². The zero-order valence-corrected chi connectivity index (χ0v) is 9.74. The van der Waals surface area contributed by atoms with Gasteiger partial charge in [-0.1, -0.05) is 0 Å². The molecule has 0 spiro atoms. The van der Waals surface area contributed by atoms with Crippen molar-refractivity contribution in [2.45, 2.75) is 13.5 Å². The van der Waals surface area contributed by atoms with Gasteiger partial charge in [-0.25, -0.2) is 9.18 Å². The molecule has 2 rings (SSSR count). The topological polar surface area (TPSA) is 42.4 Å². The molecule has 1 aliphatic heterocycles. The van der Waals surface area contributed by atoms with E-state index in [1.807, 2.05) is 11.9 Å². The van der Waals surface area contributed by atoms with Gasteiger partial charge in [-0.3, -0.25) is 4.98 Å². The molecule has 0 bridgehead atoms. The number of pyridine rings is 1. The normalized spacial score (nSPS) is 14.5. The molecule has 5 heteroatoms. The fraction of sp³-hybridized carbons (Fsp3) is 0.333. The number of halogens is 1. The highest BCUT2D eigenvalue weighted by molar-refractivity contribution is 5.85. The zero-order valence-electron chi connectivity index (χ0n) is 9.74. The SMILES string of the molecule is Cc1ncc(CN(C)C2=CC(=O)OC2)cc1F. The van der Waals surface area contributed by atoms with Gasteiger partial charge in [-0.2, -0.15) is 0 Å². The summed E-state index contributed by atoms with van der Waals surface area (Å²) in [4.78, 5) is 16.7. The molecule has 0 radical (unpaired) electrons. The second kappa shape index (κ2) is 4.53. The molecule has 4 nitrogen and oxygen atoms in total. The maximum Gasteiger partial charge on any atom is 0.333 e. The number of likely N-dealkylation sites (N-methyl/N-ethyl adjacent to an activating group) is 1. The highest BCUT2D eigenvalue weighted by Gasteiger charge is 2.16. The van der Waals surface area contributed by atoms with Crippen LogP contribution in [0, 0.1) is 12.7 Å². The van der Waals surface area contributed by atoms with Crippen molar-refractivity contribution in [3.8, 4) is 0 Å². The van der Waals surface area contributed by atoms with Crippen LogP contribution in [0.2, 0.25) is 0 Å². The summed E-state index contributed by atoms with van der Waals surface area (Å²) in [7, 11) is 1.82. The molecule has 0 fully saturated rings. The Morgan fingerprint density at radius 3 is 2.94 bits per heavy atom. The molecule has 0 saturated carbocycles. The minimum atomic E-state index is -0.333. The van der Waals surface area contributed by atoms with E-state index in [1.54, 1.807) is 13.1 Å². The number of carbonyl (C=O) groups excluding carboxylic acids is 1. The van der Waals surface area contributed by atoms with Crippen LogP contribution in [0.1, 0.15) is 11.3 Å². The molecule has 90 valence electrons. The summed E-state index contributed by atoms with van der Waals surface area (Å²) in [6.45, 7) is 2.39. The van der Waals surface area contributed by atoms with Gasteiger partial charge in [0.05, 0.1) is 11.4 Å². The van der Waals surface area contributed by atoms with Crippen molar-refractivity contribution in [3.63, 3.8) is 0 Å². The van der Waals surface area contributed by atoms with Crippen LogP contribution in [0.5, 0.6) is 0 Å². The van der Waals surface area contributed by atoms with E-state index < -0.39 is 0 Å². The molecular formula is C12H13FN2O2. The number of rotatable bonds is 3. The van der Waals surface area contributed by atoms with E-state index in [0.29, 0.717) is 12.2 Å². The van der Waals surface area contributed by atoms with E-state index in [0.717, 1.165) is 11.3 Å². The Kier molecular flexibility index (Phi) is 3.08. The smallest absolute Gasteiger partial charge is 0.333 e. The zero-order chi connectivity index (χ0) is 12.4. The van der Waals surface area contributed by atoms with Gasteiger partial charge in [0.2, 0.25) is 0 Å². The van der Waals surface area contributed by atoms with Crippen LogP contribution in [0.15, 0.2) is 24.0 Å². The summed E-state index contributed by atoms with van der Waals surface area (Å²) in [6.07, 6.45) is 3.07. The van der Waals surface area contributed by atoms with Gasteiger partial charge in [0.15, 0.2) is 0 Å². The van der Waals surface area contributed by atoms with Crippen molar-refractivity contribution < 1.29 is 13.9 Å². The average molecular weight is 236 g/mol. The molecule has 2 heterocycles. The maximum absolute atomic E-state index is 13.3. The molecule has 0 atom stereocenters. The van der Waals surface area contributed by atoms with Crippen molar-refractivity contribution in [2.24, 2.45) is 0 Å². The molecule has 0 amide bonds. The Morgan fingerprint density at radius 1 is 1.59 bits per heavy atom. The third-order valence-electron chi connectivity index (χ3n) is 2.64. The summed E-state index contributed by atoms with van der Waals surface area (Å²) in [5.74, 6) is -0.649. The molecule has 0 aromatic carbocycles. The van der Waals surface area contributed by atoms with Crippen LogP contribution in [0.4, 0.5) is 4.39 Å². The molecule has 0 saturated heterocycles. The number of ether oxygens (including phenoxy) is 1. The molecule has 0 aliphatic carbocycles. The Hall–Kier alpha value is -1.91. The van der Waals surface area contributed by atoms with E-state index in [4.69, 9.17) is 4.74 Å². The summed E-state index contributed by atoms with van der Waals surface area (Å²) in [6, 6.07) is 1.46. The van der Waals surface area contributed by atoms with Gasteiger partial charge >= 0.3 is 5.97 Å². The number of hydrogen-bond acceptors (Lipinski definition) is 4. The van der Waals surface area contributed by atoms with Gasteiger partial charge in [0.1, 0.15) is 12.4 Å². The summed E-state index contributed by atoms with van der Waals surface area (Å²) in [5, 5.41) is 0. The fourth-order valence-corrected chi connectivity index (χ4v) is 1.59. The van der Waals surface area contributed by atoms with E-state index in [1.165, 1.54) is 12.1 Å². The molecule has 0 N–H and O–H groups in total. The lowest BCUT2D eigenvalue weighted by Crippen LogP contribution is -2.18. The highest BCUT2D eigenvalue weighted by atomic mass is 19.1. The molecule has 1 aliphatic rings. The van der Waals surface area contributed by atoms with Crippen molar-refractivity contribution in [1.82, 2.24) is 9.88 Å². The first-order valence-corrected chi connectivity index (χ1v) is 5.26. The van der Waals surface area contributed by atoms with Crippen molar-refractivity contribution in [3.05, 3.63) is 41.1 Å². The third kappa shape index (κ3) is 2.61.